The van der Waals surface area contributed by atoms with Crippen molar-refractivity contribution in [2.24, 2.45) is 0 Å². The fraction of sp³-hybridized carbons (Fsp3) is 0.312. The van der Waals surface area contributed by atoms with Gasteiger partial charge < -0.3 is 19.3 Å². The summed E-state index contributed by atoms with van der Waals surface area (Å²) in [5.41, 5.74) is 1.35. The smallest absolute Gasteiger partial charge is 0.326 e. The van der Waals surface area contributed by atoms with E-state index in [0.717, 1.165) is 5.56 Å². The molecule has 7 heteroatoms. The van der Waals surface area contributed by atoms with E-state index in [1.165, 1.54) is 18.1 Å². The maximum absolute atomic E-state index is 12.5. The van der Waals surface area contributed by atoms with Gasteiger partial charge in [-0.15, -0.1) is 0 Å². The quantitative estimate of drug-likeness (QED) is 0.922. The lowest BCUT2D eigenvalue weighted by atomic mass is 10.1. The van der Waals surface area contributed by atoms with Crippen molar-refractivity contribution in [3.8, 4) is 11.3 Å². The number of methoxy groups -OCH3 is 1. The molecule has 120 valence electrons. The molecule has 0 saturated carbocycles. The average molecular weight is 316 g/mol. The van der Waals surface area contributed by atoms with E-state index in [-0.39, 0.29) is 24.8 Å². The van der Waals surface area contributed by atoms with Crippen LogP contribution in [0, 0.1) is 0 Å². The number of carboxylic acids is 1. The first-order chi connectivity index (χ1) is 11.1. The van der Waals surface area contributed by atoms with E-state index in [2.05, 4.69) is 5.16 Å². The second-order valence-corrected chi connectivity index (χ2v) is 5.35. The number of carbonyl (C=O) groups excluding carboxylic acids is 1. The van der Waals surface area contributed by atoms with Crippen molar-refractivity contribution in [1.29, 1.82) is 0 Å². The van der Waals surface area contributed by atoms with E-state index in [1.807, 2.05) is 30.3 Å². The number of rotatable bonds is 4. The van der Waals surface area contributed by atoms with Crippen LogP contribution in [0.5, 0.6) is 0 Å². The first-order valence-electron chi connectivity index (χ1n) is 7.19. The molecule has 2 aromatic rings. The van der Waals surface area contributed by atoms with Crippen LogP contribution >= 0.6 is 0 Å². The van der Waals surface area contributed by atoms with Crippen molar-refractivity contribution in [3.63, 3.8) is 0 Å². The van der Waals surface area contributed by atoms with Gasteiger partial charge in [-0.1, -0.05) is 35.5 Å². The highest BCUT2D eigenvalue weighted by atomic mass is 16.5. The molecule has 1 fully saturated rings. The van der Waals surface area contributed by atoms with Crippen LogP contribution in [0.4, 0.5) is 0 Å². The predicted octanol–water partition coefficient (Wildman–Crippen LogP) is 1.66. The molecule has 1 amide bonds. The zero-order valence-electron chi connectivity index (χ0n) is 12.5. The molecule has 0 aliphatic carbocycles. The van der Waals surface area contributed by atoms with Gasteiger partial charge in [-0.2, -0.15) is 0 Å². The Morgan fingerprint density at radius 2 is 2.09 bits per heavy atom. The number of carbonyl (C=O) groups is 2. The van der Waals surface area contributed by atoms with Gasteiger partial charge in [0.2, 0.25) is 5.76 Å². The van der Waals surface area contributed by atoms with E-state index in [9.17, 15) is 14.7 Å². The molecular weight excluding hydrogens is 300 g/mol. The summed E-state index contributed by atoms with van der Waals surface area (Å²) in [4.78, 5) is 25.1. The van der Waals surface area contributed by atoms with Crippen molar-refractivity contribution in [3.05, 3.63) is 42.2 Å². The highest BCUT2D eigenvalue weighted by molar-refractivity contribution is 5.95. The van der Waals surface area contributed by atoms with Crippen molar-refractivity contribution in [2.45, 2.75) is 18.6 Å². The first-order valence-corrected chi connectivity index (χ1v) is 7.19. The topological polar surface area (TPSA) is 92.9 Å². The summed E-state index contributed by atoms with van der Waals surface area (Å²) in [7, 11) is 1.50. The van der Waals surface area contributed by atoms with Gasteiger partial charge in [0.25, 0.3) is 5.91 Å². The van der Waals surface area contributed by atoms with E-state index >= 15 is 0 Å². The van der Waals surface area contributed by atoms with Crippen LogP contribution < -0.4 is 0 Å². The number of aromatic nitrogens is 1. The fourth-order valence-corrected chi connectivity index (χ4v) is 2.69. The molecule has 3 rings (SSSR count). The Bertz CT molecular complexity index is 712. The van der Waals surface area contributed by atoms with Crippen molar-refractivity contribution in [2.75, 3.05) is 13.7 Å². The van der Waals surface area contributed by atoms with Gasteiger partial charge in [0.05, 0.1) is 6.10 Å². The normalized spacial score (nSPS) is 20.7. The highest BCUT2D eigenvalue weighted by Gasteiger charge is 2.41. The van der Waals surface area contributed by atoms with Crippen molar-refractivity contribution in [1.82, 2.24) is 10.1 Å². The Labute approximate surface area is 132 Å². The van der Waals surface area contributed by atoms with Crippen LogP contribution in [0.1, 0.15) is 17.0 Å². The molecule has 1 N–H and O–H groups in total. The number of amides is 1. The zero-order valence-corrected chi connectivity index (χ0v) is 12.5. The third-order valence-electron chi connectivity index (χ3n) is 3.93. The number of ether oxygens (including phenoxy) is 1. The Hall–Kier alpha value is -2.67. The molecular formula is C16H16N2O5. The molecule has 2 heterocycles. The Morgan fingerprint density at radius 1 is 1.35 bits per heavy atom. The standard InChI is InChI=1S/C16H16N2O5/c1-22-11-7-13(16(20)21)18(9-11)15(19)14-8-12(17-23-14)10-5-3-2-4-6-10/h2-6,8,11,13H,7,9H2,1H3,(H,20,21). The van der Waals surface area contributed by atoms with E-state index in [1.54, 1.807) is 0 Å². The molecule has 2 atom stereocenters. The highest BCUT2D eigenvalue weighted by Crippen LogP contribution is 2.25. The van der Waals surface area contributed by atoms with Gasteiger partial charge in [0, 0.05) is 31.7 Å². The van der Waals surface area contributed by atoms with Gasteiger partial charge in [-0.05, 0) is 0 Å². The molecule has 0 bridgehead atoms. The lowest BCUT2D eigenvalue weighted by molar-refractivity contribution is -0.141. The van der Waals surface area contributed by atoms with Crippen molar-refractivity contribution >= 4 is 11.9 Å². The Balaban J connectivity index is 1.83. The van der Waals surface area contributed by atoms with Crippen molar-refractivity contribution < 1.29 is 24.0 Å². The molecule has 1 saturated heterocycles. The minimum atomic E-state index is -1.05. The second kappa shape index (κ2) is 6.21. The van der Waals surface area contributed by atoms with Crippen LogP contribution in [-0.2, 0) is 9.53 Å². The van der Waals surface area contributed by atoms with E-state index < -0.39 is 17.9 Å². The summed E-state index contributed by atoms with van der Waals surface area (Å²) < 4.78 is 10.3. The zero-order chi connectivity index (χ0) is 16.4. The summed E-state index contributed by atoms with van der Waals surface area (Å²) in [5, 5.41) is 13.2. The number of hydrogen-bond acceptors (Lipinski definition) is 5. The molecule has 2 unspecified atom stereocenters. The second-order valence-electron chi connectivity index (χ2n) is 5.35. The fourth-order valence-electron chi connectivity index (χ4n) is 2.69. The van der Waals surface area contributed by atoms with Gasteiger partial charge in [-0.3, -0.25) is 4.79 Å². The number of benzene rings is 1. The summed E-state index contributed by atoms with van der Waals surface area (Å²) in [6.07, 6.45) is -0.0337. The lowest BCUT2D eigenvalue weighted by Gasteiger charge is -2.19. The number of hydrogen-bond donors (Lipinski definition) is 1. The van der Waals surface area contributed by atoms with E-state index in [0.29, 0.717) is 5.69 Å². The molecule has 0 radical (unpaired) electrons. The predicted molar refractivity (Wildman–Crippen MR) is 79.8 cm³/mol. The van der Waals surface area contributed by atoms with Crippen LogP contribution in [0.2, 0.25) is 0 Å². The number of aliphatic carboxylic acids is 1. The average Bonchev–Trinajstić information content (AvgIpc) is 3.22. The number of carboxylic acid groups (broad SMARTS) is 1. The molecule has 1 aromatic heterocycles. The number of likely N-dealkylation sites (tertiary alicyclic amines) is 1. The summed E-state index contributed by atoms with van der Waals surface area (Å²) >= 11 is 0. The Kier molecular flexibility index (Phi) is 4.12. The summed E-state index contributed by atoms with van der Waals surface area (Å²) in [5.74, 6) is -1.53. The molecule has 7 nitrogen and oxygen atoms in total. The molecule has 0 spiro atoms. The first kappa shape index (κ1) is 15.2. The van der Waals surface area contributed by atoms with Gasteiger partial charge in [0.15, 0.2) is 0 Å². The largest absolute Gasteiger partial charge is 0.480 e. The summed E-state index contributed by atoms with van der Waals surface area (Å²) in [6, 6.07) is 9.90. The SMILES string of the molecule is COC1CC(C(=O)O)N(C(=O)c2cc(-c3ccccc3)no2)C1. The van der Waals surface area contributed by atoms with E-state index in [4.69, 9.17) is 9.26 Å². The van der Waals surface area contributed by atoms with Gasteiger partial charge >= 0.3 is 5.97 Å². The molecule has 1 aliphatic heterocycles. The third-order valence-corrected chi connectivity index (χ3v) is 3.93. The van der Waals surface area contributed by atoms with Crippen LogP contribution in [-0.4, -0.2) is 52.8 Å². The minimum absolute atomic E-state index is 0.0202. The van der Waals surface area contributed by atoms with Crippen LogP contribution in [0.25, 0.3) is 11.3 Å². The molecule has 1 aromatic carbocycles. The summed E-state index contributed by atoms with van der Waals surface area (Å²) in [6.45, 7) is 0.216. The van der Waals surface area contributed by atoms with Gasteiger partial charge in [-0.25, -0.2) is 4.79 Å². The minimum Gasteiger partial charge on any atom is -0.480 e. The van der Waals surface area contributed by atoms with Crippen LogP contribution in [0.15, 0.2) is 40.9 Å². The van der Waals surface area contributed by atoms with Gasteiger partial charge in [0.1, 0.15) is 11.7 Å². The van der Waals surface area contributed by atoms with Crippen LogP contribution in [0.3, 0.4) is 0 Å². The monoisotopic (exact) mass is 316 g/mol. The maximum atomic E-state index is 12.5. The third kappa shape index (κ3) is 2.95. The Morgan fingerprint density at radius 3 is 2.74 bits per heavy atom. The lowest BCUT2D eigenvalue weighted by Crippen LogP contribution is -2.40. The molecule has 23 heavy (non-hydrogen) atoms. The number of nitrogens with zero attached hydrogens (tertiary/aromatic N) is 2. The molecule has 1 aliphatic rings. The maximum Gasteiger partial charge on any atom is 0.326 e.